The van der Waals surface area contributed by atoms with E-state index in [4.69, 9.17) is 0 Å². The molecular formula is C18H23N3O. The summed E-state index contributed by atoms with van der Waals surface area (Å²) in [7, 11) is 1.91. The van der Waals surface area contributed by atoms with Crippen molar-refractivity contribution in [3.8, 4) is 11.3 Å². The van der Waals surface area contributed by atoms with Gasteiger partial charge in [-0.05, 0) is 25.8 Å². The fraction of sp³-hybridized carbons (Fsp3) is 0.444. The zero-order valence-electron chi connectivity index (χ0n) is 13.3. The normalized spacial score (nSPS) is 15.7. The molecule has 1 heterocycles. The maximum Gasteiger partial charge on any atom is 0.271 e. The molecule has 1 aliphatic rings. The first-order valence-corrected chi connectivity index (χ1v) is 8.05. The molecular weight excluding hydrogens is 274 g/mol. The highest BCUT2D eigenvalue weighted by molar-refractivity contribution is 5.93. The third-order valence-electron chi connectivity index (χ3n) is 4.60. The second-order valence-corrected chi connectivity index (χ2v) is 6.24. The highest BCUT2D eigenvalue weighted by atomic mass is 16.2. The van der Waals surface area contributed by atoms with Gasteiger partial charge in [0.2, 0.25) is 0 Å². The van der Waals surface area contributed by atoms with Crippen molar-refractivity contribution in [3.05, 3.63) is 41.6 Å². The molecule has 0 bridgehead atoms. The molecule has 22 heavy (non-hydrogen) atoms. The summed E-state index contributed by atoms with van der Waals surface area (Å²) in [5, 5.41) is 7.19. The quantitative estimate of drug-likeness (QED) is 0.937. The predicted molar refractivity (Wildman–Crippen MR) is 87.7 cm³/mol. The number of aryl methyl sites for hydroxylation is 1. The van der Waals surface area contributed by atoms with Gasteiger partial charge in [-0.15, -0.1) is 0 Å². The standard InChI is InChI=1S/C18H23N3O/c1-13-8-10-14(11-9-13)16-12-17(20-19-16)18(22)21(2)15-6-4-3-5-7-15/h8-12,15H,3-7H2,1-2H3,(H,19,20). The van der Waals surface area contributed by atoms with E-state index >= 15 is 0 Å². The Morgan fingerprint density at radius 2 is 1.86 bits per heavy atom. The Kier molecular flexibility index (Phi) is 4.27. The molecule has 0 atom stereocenters. The summed E-state index contributed by atoms with van der Waals surface area (Å²) in [6, 6.07) is 10.4. The van der Waals surface area contributed by atoms with E-state index in [1.807, 2.05) is 30.1 Å². The van der Waals surface area contributed by atoms with Gasteiger partial charge >= 0.3 is 0 Å². The van der Waals surface area contributed by atoms with Crippen molar-refractivity contribution >= 4 is 5.91 Å². The molecule has 1 amide bonds. The Bertz CT molecular complexity index is 639. The average molecular weight is 297 g/mol. The van der Waals surface area contributed by atoms with Gasteiger partial charge in [0.25, 0.3) is 5.91 Å². The van der Waals surface area contributed by atoms with Gasteiger partial charge in [0, 0.05) is 18.7 Å². The van der Waals surface area contributed by atoms with Gasteiger partial charge in [-0.25, -0.2) is 0 Å². The molecule has 1 fully saturated rings. The number of benzene rings is 1. The molecule has 3 rings (SSSR count). The molecule has 2 aromatic rings. The van der Waals surface area contributed by atoms with E-state index in [1.54, 1.807) is 0 Å². The monoisotopic (exact) mass is 297 g/mol. The van der Waals surface area contributed by atoms with Gasteiger partial charge in [0.05, 0.1) is 5.69 Å². The lowest BCUT2D eigenvalue weighted by atomic mass is 9.94. The number of hydrogen-bond acceptors (Lipinski definition) is 2. The molecule has 1 aliphatic carbocycles. The van der Waals surface area contributed by atoms with Gasteiger partial charge in [0.15, 0.2) is 0 Å². The van der Waals surface area contributed by atoms with Crippen molar-refractivity contribution in [1.29, 1.82) is 0 Å². The summed E-state index contributed by atoms with van der Waals surface area (Å²) in [4.78, 5) is 14.5. The van der Waals surface area contributed by atoms with E-state index < -0.39 is 0 Å². The van der Waals surface area contributed by atoms with Crippen LogP contribution >= 0.6 is 0 Å². The topological polar surface area (TPSA) is 49.0 Å². The van der Waals surface area contributed by atoms with Crippen LogP contribution in [-0.2, 0) is 0 Å². The second-order valence-electron chi connectivity index (χ2n) is 6.24. The van der Waals surface area contributed by atoms with Gasteiger partial charge < -0.3 is 4.90 Å². The first-order chi connectivity index (χ1) is 10.6. The largest absolute Gasteiger partial charge is 0.337 e. The van der Waals surface area contributed by atoms with Gasteiger partial charge in [0.1, 0.15) is 5.69 Å². The van der Waals surface area contributed by atoms with E-state index in [0.29, 0.717) is 11.7 Å². The fourth-order valence-corrected chi connectivity index (χ4v) is 3.13. The fourth-order valence-electron chi connectivity index (χ4n) is 3.13. The molecule has 1 aromatic heterocycles. The lowest BCUT2D eigenvalue weighted by Crippen LogP contribution is -2.38. The maximum absolute atomic E-state index is 12.6. The van der Waals surface area contributed by atoms with Crippen molar-refractivity contribution in [3.63, 3.8) is 0 Å². The highest BCUT2D eigenvalue weighted by Gasteiger charge is 2.24. The highest BCUT2D eigenvalue weighted by Crippen LogP contribution is 2.24. The van der Waals surface area contributed by atoms with E-state index in [0.717, 1.165) is 24.1 Å². The molecule has 0 unspecified atom stereocenters. The Labute approximate surface area is 131 Å². The van der Waals surface area contributed by atoms with Crippen LogP contribution in [0.4, 0.5) is 0 Å². The van der Waals surface area contributed by atoms with Crippen LogP contribution < -0.4 is 0 Å². The number of carbonyl (C=O) groups excluding carboxylic acids is 1. The average Bonchev–Trinajstić information content (AvgIpc) is 3.05. The summed E-state index contributed by atoms with van der Waals surface area (Å²) >= 11 is 0. The second kappa shape index (κ2) is 6.34. The van der Waals surface area contributed by atoms with Crippen molar-refractivity contribution in [2.45, 2.75) is 45.1 Å². The lowest BCUT2D eigenvalue weighted by Gasteiger charge is -2.30. The van der Waals surface area contributed by atoms with Crippen LogP contribution in [0.5, 0.6) is 0 Å². The SMILES string of the molecule is Cc1ccc(-c2cc(C(=O)N(C)C3CCCCC3)[nH]n2)cc1. The van der Waals surface area contributed by atoms with Gasteiger partial charge in [-0.2, -0.15) is 5.10 Å². The minimum Gasteiger partial charge on any atom is -0.337 e. The van der Waals surface area contributed by atoms with Crippen molar-refractivity contribution in [2.75, 3.05) is 7.05 Å². The van der Waals surface area contributed by atoms with Crippen LogP contribution in [0.1, 0.15) is 48.2 Å². The van der Waals surface area contributed by atoms with Crippen LogP contribution in [0.3, 0.4) is 0 Å². The van der Waals surface area contributed by atoms with Crippen molar-refractivity contribution in [2.24, 2.45) is 0 Å². The first-order valence-electron chi connectivity index (χ1n) is 8.05. The van der Waals surface area contributed by atoms with E-state index in [9.17, 15) is 4.79 Å². The smallest absolute Gasteiger partial charge is 0.271 e. The number of aromatic nitrogens is 2. The van der Waals surface area contributed by atoms with Crippen molar-refractivity contribution < 1.29 is 4.79 Å². The summed E-state index contributed by atoms with van der Waals surface area (Å²) in [5.41, 5.74) is 3.64. The zero-order valence-corrected chi connectivity index (χ0v) is 13.3. The Morgan fingerprint density at radius 1 is 1.18 bits per heavy atom. The Balaban J connectivity index is 1.75. The summed E-state index contributed by atoms with van der Waals surface area (Å²) in [5.74, 6) is 0.0396. The molecule has 1 aromatic carbocycles. The number of nitrogens with zero attached hydrogens (tertiary/aromatic N) is 2. The number of rotatable bonds is 3. The predicted octanol–water partition coefficient (Wildman–Crippen LogP) is 3.79. The molecule has 116 valence electrons. The van der Waals surface area contributed by atoms with Crippen LogP contribution in [0.15, 0.2) is 30.3 Å². The van der Waals surface area contributed by atoms with E-state index in [2.05, 4.69) is 29.3 Å². The summed E-state index contributed by atoms with van der Waals surface area (Å²) < 4.78 is 0. The van der Waals surface area contributed by atoms with Crippen LogP contribution in [0.2, 0.25) is 0 Å². The molecule has 0 aliphatic heterocycles. The lowest BCUT2D eigenvalue weighted by molar-refractivity contribution is 0.0690. The molecule has 0 radical (unpaired) electrons. The number of aromatic amines is 1. The van der Waals surface area contributed by atoms with Crippen LogP contribution in [-0.4, -0.2) is 34.1 Å². The first kappa shape index (κ1) is 14.8. The molecule has 1 saturated carbocycles. The molecule has 0 saturated heterocycles. The number of amides is 1. The van der Waals surface area contributed by atoms with Gasteiger partial charge in [-0.3, -0.25) is 9.89 Å². The molecule has 1 N–H and O–H groups in total. The number of hydrogen-bond donors (Lipinski definition) is 1. The van der Waals surface area contributed by atoms with Crippen molar-refractivity contribution in [1.82, 2.24) is 15.1 Å². The van der Waals surface area contributed by atoms with Crippen LogP contribution in [0, 0.1) is 6.92 Å². The number of H-pyrrole nitrogens is 1. The van der Waals surface area contributed by atoms with Gasteiger partial charge in [-0.1, -0.05) is 49.1 Å². The third kappa shape index (κ3) is 3.06. The Morgan fingerprint density at radius 3 is 2.55 bits per heavy atom. The summed E-state index contributed by atoms with van der Waals surface area (Å²) in [6.07, 6.45) is 5.96. The summed E-state index contributed by atoms with van der Waals surface area (Å²) in [6.45, 7) is 2.06. The molecule has 4 nitrogen and oxygen atoms in total. The zero-order chi connectivity index (χ0) is 15.5. The molecule has 0 spiro atoms. The minimum atomic E-state index is 0.0396. The number of nitrogens with one attached hydrogen (secondary N) is 1. The van der Waals surface area contributed by atoms with E-state index in [-0.39, 0.29) is 5.91 Å². The Hall–Kier alpha value is -2.10. The van der Waals surface area contributed by atoms with Crippen LogP contribution in [0.25, 0.3) is 11.3 Å². The maximum atomic E-state index is 12.6. The third-order valence-corrected chi connectivity index (χ3v) is 4.60. The molecule has 4 heteroatoms. The van der Waals surface area contributed by atoms with E-state index in [1.165, 1.54) is 24.8 Å². The minimum absolute atomic E-state index is 0.0396. The number of carbonyl (C=O) groups is 1.